The van der Waals surface area contributed by atoms with E-state index in [1.54, 1.807) is 24.3 Å². The molecule has 2 N–H and O–H groups in total. The Bertz CT molecular complexity index is 1030. The summed E-state index contributed by atoms with van der Waals surface area (Å²) in [5.41, 5.74) is -0.887. The van der Waals surface area contributed by atoms with Crippen LogP contribution >= 0.6 is 0 Å². The number of halogens is 3. The highest BCUT2D eigenvalue weighted by molar-refractivity contribution is 5.77. The Morgan fingerprint density at radius 3 is 2.64 bits per heavy atom. The molecule has 2 atom stereocenters. The Morgan fingerprint density at radius 1 is 1.22 bits per heavy atom. The zero-order valence-corrected chi connectivity index (χ0v) is 21.0. The van der Waals surface area contributed by atoms with E-state index in [0.29, 0.717) is 49.9 Å². The number of aliphatic hydroxyl groups is 1. The lowest BCUT2D eigenvalue weighted by Crippen LogP contribution is -2.48. The van der Waals surface area contributed by atoms with Crippen LogP contribution in [0, 0.1) is 12.8 Å². The first-order valence-corrected chi connectivity index (χ1v) is 12.4. The van der Waals surface area contributed by atoms with Gasteiger partial charge >= 0.3 is 6.18 Å². The van der Waals surface area contributed by atoms with E-state index < -0.39 is 17.3 Å². The van der Waals surface area contributed by atoms with Crippen LogP contribution in [0.2, 0.25) is 0 Å². The van der Waals surface area contributed by atoms with Gasteiger partial charge in [-0.15, -0.1) is 0 Å². The number of carbonyl (C=O) groups is 1. The van der Waals surface area contributed by atoms with Crippen molar-refractivity contribution in [2.75, 3.05) is 33.8 Å². The first kappa shape index (κ1) is 28.0. The third kappa shape index (κ3) is 6.21. The zero-order chi connectivity index (χ0) is 26.3. The number of nitrogens with zero attached hydrogens (tertiary/aromatic N) is 1. The summed E-state index contributed by atoms with van der Waals surface area (Å²) in [4.78, 5) is 14.6. The fourth-order valence-corrected chi connectivity index (χ4v) is 5.19. The van der Waals surface area contributed by atoms with Gasteiger partial charge in [0, 0.05) is 31.0 Å². The van der Waals surface area contributed by atoms with E-state index in [9.17, 15) is 23.1 Å². The Balaban J connectivity index is 2.03. The van der Waals surface area contributed by atoms with Gasteiger partial charge in [0.15, 0.2) is 0 Å². The highest BCUT2D eigenvalue weighted by Crippen LogP contribution is 2.46. The number of amides is 1. The Morgan fingerprint density at radius 2 is 1.97 bits per heavy atom. The standard InChI is InChI=1S/C28H36F3N2O3/c1-4-15-27(35,21-9-8-17-33(19-21)26(34)12-7-16-32-2)24-11-6-5-10-22(24)23-18-20(28(29,30)31)13-14-25(23)36-3/h5-6,10-11,13-14,18,21,32,35H,1,4,7-9,12,15-17,19H2,2-3H3. The second-order valence-electron chi connectivity index (χ2n) is 9.37. The summed E-state index contributed by atoms with van der Waals surface area (Å²) in [5, 5.41) is 15.2. The van der Waals surface area contributed by atoms with Crippen LogP contribution in [0.1, 0.15) is 49.7 Å². The van der Waals surface area contributed by atoms with Gasteiger partial charge in [-0.3, -0.25) is 4.79 Å². The summed E-state index contributed by atoms with van der Waals surface area (Å²) < 4.78 is 46.1. The van der Waals surface area contributed by atoms with E-state index in [0.717, 1.165) is 31.5 Å². The molecule has 0 aliphatic carbocycles. The van der Waals surface area contributed by atoms with Crippen molar-refractivity contribution in [1.29, 1.82) is 0 Å². The Hall–Kier alpha value is -2.58. The maximum atomic E-state index is 13.6. The lowest BCUT2D eigenvalue weighted by Gasteiger charge is -2.43. The average Bonchev–Trinajstić information content (AvgIpc) is 2.88. The van der Waals surface area contributed by atoms with Gasteiger partial charge in [0.05, 0.1) is 18.3 Å². The molecule has 1 aliphatic rings. The van der Waals surface area contributed by atoms with Crippen LogP contribution in [0.15, 0.2) is 42.5 Å². The number of methoxy groups -OCH3 is 1. The van der Waals surface area contributed by atoms with Gasteiger partial charge in [-0.25, -0.2) is 0 Å². The second-order valence-corrected chi connectivity index (χ2v) is 9.37. The van der Waals surface area contributed by atoms with Gasteiger partial charge in [-0.1, -0.05) is 37.6 Å². The number of nitrogens with one attached hydrogen (secondary N) is 1. The van der Waals surface area contributed by atoms with Crippen molar-refractivity contribution in [1.82, 2.24) is 10.2 Å². The quantitative estimate of drug-likeness (QED) is 0.423. The molecule has 2 unspecified atom stereocenters. The molecule has 2 aromatic carbocycles. The van der Waals surface area contributed by atoms with Crippen LogP contribution < -0.4 is 10.1 Å². The summed E-state index contributed by atoms with van der Waals surface area (Å²) in [5.74, 6) is 0.0661. The number of piperidine rings is 1. The average molecular weight is 506 g/mol. The highest BCUT2D eigenvalue weighted by atomic mass is 19.4. The first-order valence-electron chi connectivity index (χ1n) is 12.4. The SMILES string of the molecule is [CH2]CCC(O)(c1ccccc1-c1cc(C(F)(F)F)ccc1OC)C1CCCN(C(=O)CCCNC)C1. The van der Waals surface area contributed by atoms with E-state index in [1.165, 1.54) is 13.2 Å². The Labute approximate surface area is 211 Å². The predicted molar refractivity (Wildman–Crippen MR) is 134 cm³/mol. The molecule has 0 spiro atoms. The van der Waals surface area contributed by atoms with Gasteiger partial charge in [-0.05, 0) is 68.6 Å². The number of benzene rings is 2. The fourth-order valence-electron chi connectivity index (χ4n) is 5.19. The molecule has 1 saturated heterocycles. The number of ether oxygens (including phenoxy) is 1. The predicted octanol–water partition coefficient (Wildman–Crippen LogP) is 5.42. The van der Waals surface area contributed by atoms with Crippen LogP contribution in [0.4, 0.5) is 13.2 Å². The van der Waals surface area contributed by atoms with Crippen molar-refractivity contribution >= 4 is 5.91 Å². The minimum Gasteiger partial charge on any atom is -0.496 e. The minimum atomic E-state index is -4.52. The molecular formula is C28H36F3N2O3. The molecule has 0 bridgehead atoms. The van der Waals surface area contributed by atoms with Crippen molar-refractivity contribution in [3.8, 4) is 16.9 Å². The summed E-state index contributed by atoms with van der Waals surface area (Å²) in [6.45, 7) is 5.74. The van der Waals surface area contributed by atoms with Gasteiger partial charge in [0.2, 0.25) is 5.91 Å². The van der Waals surface area contributed by atoms with E-state index in [4.69, 9.17) is 4.74 Å². The van der Waals surface area contributed by atoms with Gasteiger partial charge in [0.25, 0.3) is 0 Å². The molecule has 1 radical (unpaired) electrons. The van der Waals surface area contributed by atoms with E-state index in [-0.39, 0.29) is 23.1 Å². The molecular weight excluding hydrogens is 469 g/mol. The van der Waals surface area contributed by atoms with Crippen LogP contribution in [0.25, 0.3) is 11.1 Å². The molecule has 0 aromatic heterocycles. The van der Waals surface area contributed by atoms with Crippen molar-refractivity contribution in [2.24, 2.45) is 5.92 Å². The maximum absolute atomic E-state index is 13.6. The monoisotopic (exact) mass is 505 g/mol. The lowest BCUT2D eigenvalue weighted by atomic mass is 9.72. The van der Waals surface area contributed by atoms with E-state index in [1.807, 2.05) is 11.9 Å². The number of rotatable bonds is 10. The number of alkyl halides is 3. The van der Waals surface area contributed by atoms with Crippen LogP contribution in [-0.2, 0) is 16.6 Å². The van der Waals surface area contributed by atoms with Crippen LogP contribution in [-0.4, -0.2) is 49.7 Å². The third-order valence-corrected chi connectivity index (χ3v) is 7.04. The van der Waals surface area contributed by atoms with Crippen LogP contribution in [0.5, 0.6) is 5.75 Å². The topological polar surface area (TPSA) is 61.8 Å². The largest absolute Gasteiger partial charge is 0.496 e. The fraction of sp³-hybridized carbons (Fsp3) is 0.500. The molecule has 1 fully saturated rings. The molecule has 197 valence electrons. The molecule has 1 heterocycles. The first-order chi connectivity index (χ1) is 17.2. The molecule has 2 aromatic rings. The number of likely N-dealkylation sites (tertiary alicyclic amines) is 1. The molecule has 1 aliphatic heterocycles. The second kappa shape index (κ2) is 12.1. The van der Waals surface area contributed by atoms with Crippen LogP contribution in [0.3, 0.4) is 0 Å². The molecule has 8 heteroatoms. The molecule has 0 saturated carbocycles. The summed E-state index contributed by atoms with van der Waals surface area (Å²) >= 11 is 0. The Kier molecular flexibility index (Phi) is 9.41. The maximum Gasteiger partial charge on any atom is 0.416 e. The van der Waals surface area contributed by atoms with Crippen molar-refractivity contribution < 1.29 is 27.8 Å². The third-order valence-electron chi connectivity index (χ3n) is 7.04. The van der Waals surface area contributed by atoms with Crippen molar-refractivity contribution in [3.05, 3.63) is 60.5 Å². The highest BCUT2D eigenvalue weighted by Gasteiger charge is 2.42. The summed E-state index contributed by atoms with van der Waals surface area (Å²) in [6, 6.07) is 10.4. The molecule has 1 amide bonds. The lowest BCUT2D eigenvalue weighted by molar-refractivity contribution is -0.138. The van der Waals surface area contributed by atoms with Gasteiger partial charge in [-0.2, -0.15) is 13.2 Å². The normalized spacial score (nSPS) is 18.1. The smallest absolute Gasteiger partial charge is 0.416 e. The summed E-state index contributed by atoms with van der Waals surface area (Å²) in [6.07, 6.45) is -1.16. The minimum absolute atomic E-state index is 0.0553. The zero-order valence-electron chi connectivity index (χ0n) is 21.0. The number of hydrogen-bond donors (Lipinski definition) is 2. The molecule has 5 nitrogen and oxygen atoms in total. The van der Waals surface area contributed by atoms with Crippen molar-refractivity contribution in [2.45, 2.75) is 50.3 Å². The molecule has 36 heavy (non-hydrogen) atoms. The summed E-state index contributed by atoms with van der Waals surface area (Å²) in [7, 11) is 3.26. The van der Waals surface area contributed by atoms with Gasteiger partial charge in [0.1, 0.15) is 5.75 Å². The van der Waals surface area contributed by atoms with Gasteiger partial charge < -0.3 is 20.1 Å². The number of carbonyl (C=O) groups excluding carboxylic acids is 1. The molecule has 3 rings (SSSR count). The van der Waals surface area contributed by atoms with E-state index >= 15 is 0 Å². The number of hydrogen-bond acceptors (Lipinski definition) is 4. The van der Waals surface area contributed by atoms with Crippen molar-refractivity contribution in [3.63, 3.8) is 0 Å². The van der Waals surface area contributed by atoms with E-state index in [2.05, 4.69) is 12.2 Å².